The molecule has 0 saturated carbocycles. The summed E-state index contributed by atoms with van der Waals surface area (Å²) in [5.41, 5.74) is 3.53. The SMILES string of the molecule is O=C(CSc1ccc(Cl)cc1)N/N=C/c1cccc2ccccc12. The van der Waals surface area contributed by atoms with Crippen LogP contribution in [0.25, 0.3) is 10.8 Å². The zero-order valence-corrected chi connectivity index (χ0v) is 14.3. The van der Waals surface area contributed by atoms with Gasteiger partial charge in [-0.25, -0.2) is 5.43 Å². The molecule has 0 spiro atoms. The van der Waals surface area contributed by atoms with E-state index in [1.165, 1.54) is 11.8 Å². The quantitative estimate of drug-likeness (QED) is 0.408. The largest absolute Gasteiger partial charge is 0.272 e. The second kappa shape index (κ2) is 7.99. The van der Waals surface area contributed by atoms with E-state index in [1.807, 2.05) is 54.6 Å². The van der Waals surface area contributed by atoms with Gasteiger partial charge in [-0.2, -0.15) is 5.10 Å². The van der Waals surface area contributed by atoms with E-state index < -0.39 is 0 Å². The molecule has 0 fully saturated rings. The molecule has 3 nitrogen and oxygen atoms in total. The Morgan fingerprint density at radius 3 is 2.62 bits per heavy atom. The molecule has 0 aliphatic rings. The van der Waals surface area contributed by atoms with Gasteiger partial charge in [0, 0.05) is 15.5 Å². The summed E-state index contributed by atoms with van der Waals surface area (Å²) in [5.74, 6) is 0.153. The van der Waals surface area contributed by atoms with Crippen molar-refractivity contribution in [3.63, 3.8) is 0 Å². The number of nitrogens with one attached hydrogen (secondary N) is 1. The Balaban J connectivity index is 1.57. The maximum atomic E-state index is 11.9. The molecule has 3 rings (SSSR count). The van der Waals surface area contributed by atoms with Gasteiger partial charge in [-0.3, -0.25) is 4.79 Å². The molecule has 1 amide bonds. The minimum Gasteiger partial charge on any atom is -0.272 e. The maximum absolute atomic E-state index is 11.9. The molecule has 0 radical (unpaired) electrons. The molecule has 0 heterocycles. The highest BCUT2D eigenvalue weighted by Crippen LogP contribution is 2.20. The van der Waals surface area contributed by atoms with Gasteiger partial charge in [0.25, 0.3) is 0 Å². The Labute approximate surface area is 149 Å². The van der Waals surface area contributed by atoms with Crippen LogP contribution in [0.15, 0.2) is 76.7 Å². The van der Waals surface area contributed by atoms with Gasteiger partial charge in [0.05, 0.1) is 12.0 Å². The number of thioether (sulfide) groups is 1. The summed E-state index contributed by atoms with van der Waals surface area (Å²) in [6, 6.07) is 21.5. The minimum absolute atomic E-state index is 0.147. The predicted octanol–water partition coefficient (Wildman–Crippen LogP) is 4.74. The Hall–Kier alpha value is -2.30. The van der Waals surface area contributed by atoms with Crippen LogP contribution in [0, 0.1) is 0 Å². The van der Waals surface area contributed by atoms with Crippen molar-refractivity contribution in [2.45, 2.75) is 4.90 Å². The summed E-state index contributed by atoms with van der Waals surface area (Å²) in [6.07, 6.45) is 1.67. The van der Waals surface area contributed by atoms with Crippen molar-refractivity contribution in [3.05, 3.63) is 77.3 Å². The number of carbonyl (C=O) groups excluding carboxylic acids is 1. The number of carbonyl (C=O) groups is 1. The van der Waals surface area contributed by atoms with Gasteiger partial charge in [0.2, 0.25) is 5.91 Å². The van der Waals surface area contributed by atoms with Crippen LogP contribution in [0.1, 0.15) is 5.56 Å². The number of benzene rings is 3. The van der Waals surface area contributed by atoms with Crippen LogP contribution in [-0.2, 0) is 4.79 Å². The van der Waals surface area contributed by atoms with Crippen molar-refractivity contribution in [2.75, 3.05) is 5.75 Å². The molecule has 0 unspecified atom stereocenters. The molecule has 0 aromatic heterocycles. The fourth-order valence-electron chi connectivity index (χ4n) is 2.25. The highest BCUT2D eigenvalue weighted by molar-refractivity contribution is 8.00. The summed E-state index contributed by atoms with van der Waals surface area (Å²) in [5, 5.41) is 6.99. The molecule has 120 valence electrons. The highest BCUT2D eigenvalue weighted by Gasteiger charge is 2.02. The zero-order valence-electron chi connectivity index (χ0n) is 12.8. The number of nitrogens with zero attached hydrogens (tertiary/aromatic N) is 1. The molecule has 3 aromatic carbocycles. The van der Waals surface area contributed by atoms with E-state index in [2.05, 4.69) is 10.5 Å². The van der Waals surface area contributed by atoms with Crippen molar-refractivity contribution in [2.24, 2.45) is 5.10 Å². The zero-order chi connectivity index (χ0) is 16.8. The first kappa shape index (κ1) is 16.6. The second-order valence-electron chi connectivity index (χ2n) is 5.10. The third-order valence-electron chi connectivity index (χ3n) is 3.40. The second-order valence-corrected chi connectivity index (χ2v) is 6.59. The van der Waals surface area contributed by atoms with Crippen LogP contribution in [0.3, 0.4) is 0 Å². The lowest BCUT2D eigenvalue weighted by atomic mass is 10.1. The van der Waals surface area contributed by atoms with Crippen LogP contribution < -0.4 is 5.43 Å². The van der Waals surface area contributed by atoms with E-state index in [4.69, 9.17) is 11.6 Å². The van der Waals surface area contributed by atoms with Crippen LogP contribution in [0.4, 0.5) is 0 Å². The molecule has 0 atom stereocenters. The molecule has 1 N–H and O–H groups in total. The Morgan fingerprint density at radius 2 is 1.79 bits per heavy atom. The summed E-state index contributed by atoms with van der Waals surface area (Å²) >= 11 is 7.28. The third-order valence-corrected chi connectivity index (χ3v) is 4.66. The number of amides is 1. The van der Waals surface area contributed by atoms with Crippen LogP contribution in [-0.4, -0.2) is 17.9 Å². The average Bonchev–Trinajstić information content (AvgIpc) is 2.61. The van der Waals surface area contributed by atoms with Gasteiger partial charge < -0.3 is 0 Å². The molecule has 0 bridgehead atoms. The lowest BCUT2D eigenvalue weighted by Crippen LogP contribution is -2.19. The van der Waals surface area contributed by atoms with Gasteiger partial charge in [-0.1, -0.05) is 54.1 Å². The van der Waals surface area contributed by atoms with Crippen molar-refractivity contribution in [1.82, 2.24) is 5.43 Å². The summed E-state index contributed by atoms with van der Waals surface area (Å²) in [6.45, 7) is 0. The Morgan fingerprint density at radius 1 is 1.04 bits per heavy atom. The van der Waals surface area contributed by atoms with Crippen molar-refractivity contribution in [3.8, 4) is 0 Å². The van der Waals surface area contributed by atoms with E-state index >= 15 is 0 Å². The first-order chi connectivity index (χ1) is 11.7. The van der Waals surface area contributed by atoms with E-state index in [1.54, 1.807) is 18.3 Å². The van der Waals surface area contributed by atoms with E-state index in [-0.39, 0.29) is 5.91 Å². The number of hydrazone groups is 1. The smallest absolute Gasteiger partial charge is 0.250 e. The van der Waals surface area contributed by atoms with Crippen molar-refractivity contribution < 1.29 is 4.79 Å². The molecule has 24 heavy (non-hydrogen) atoms. The number of rotatable bonds is 5. The molecule has 5 heteroatoms. The molecular weight excluding hydrogens is 340 g/mol. The summed E-state index contributed by atoms with van der Waals surface area (Å²) < 4.78 is 0. The molecule has 0 aliphatic heterocycles. The van der Waals surface area contributed by atoms with Crippen molar-refractivity contribution >= 4 is 46.3 Å². The Bertz CT molecular complexity index is 873. The fraction of sp³-hybridized carbons (Fsp3) is 0.0526. The molecule has 0 aliphatic carbocycles. The van der Waals surface area contributed by atoms with Crippen LogP contribution in [0.5, 0.6) is 0 Å². The minimum atomic E-state index is -0.147. The molecular formula is C19H15ClN2OS. The summed E-state index contributed by atoms with van der Waals surface area (Å²) in [7, 11) is 0. The topological polar surface area (TPSA) is 41.5 Å². The molecule has 0 saturated heterocycles. The Kier molecular flexibility index (Phi) is 5.51. The van der Waals surface area contributed by atoms with Gasteiger partial charge >= 0.3 is 0 Å². The first-order valence-electron chi connectivity index (χ1n) is 7.40. The number of hydrogen-bond acceptors (Lipinski definition) is 3. The van der Waals surface area contributed by atoms with Crippen LogP contribution >= 0.6 is 23.4 Å². The monoisotopic (exact) mass is 354 g/mol. The van der Waals surface area contributed by atoms with E-state index in [0.717, 1.165) is 21.2 Å². The van der Waals surface area contributed by atoms with Gasteiger partial charge in [-0.15, -0.1) is 11.8 Å². The third kappa shape index (κ3) is 4.37. The first-order valence-corrected chi connectivity index (χ1v) is 8.77. The lowest BCUT2D eigenvalue weighted by Gasteiger charge is -2.02. The van der Waals surface area contributed by atoms with Crippen LogP contribution in [0.2, 0.25) is 5.02 Å². The standard InChI is InChI=1S/C19H15ClN2OS/c20-16-8-10-17(11-9-16)24-13-19(23)22-21-12-15-6-3-5-14-4-1-2-7-18(14)15/h1-12H,13H2,(H,22,23)/b21-12+. The number of hydrogen-bond donors (Lipinski definition) is 1. The normalized spacial score (nSPS) is 11.0. The van der Waals surface area contributed by atoms with Gasteiger partial charge in [0.1, 0.15) is 0 Å². The lowest BCUT2D eigenvalue weighted by molar-refractivity contribution is -0.118. The van der Waals surface area contributed by atoms with E-state index in [9.17, 15) is 4.79 Å². The average molecular weight is 355 g/mol. The number of halogens is 1. The number of fused-ring (bicyclic) bond motifs is 1. The highest BCUT2D eigenvalue weighted by atomic mass is 35.5. The van der Waals surface area contributed by atoms with Gasteiger partial charge in [-0.05, 0) is 35.0 Å². The molecule has 3 aromatic rings. The van der Waals surface area contributed by atoms with Gasteiger partial charge in [0.15, 0.2) is 0 Å². The fourth-order valence-corrected chi connectivity index (χ4v) is 3.07. The summed E-state index contributed by atoms with van der Waals surface area (Å²) in [4.78, 5) is 12.9. The van der Waals surface area contributed by atoms with Crippen molar-refractivity contribution in [1.29, 1.82) is 0 Å². The maximum Gasteiger partial charge on any atom is 0.250 e. The predicted molar refractivity (Wildman–Crippen MR) is 102 cm³/mol. The van der Waals surface area contributed by atoms with E-state index in [0.29, 0.717) is 10.8 Å².